The smallest absolute Gasteiger partial charge is 0.221 e. The third-order valence-electron chi connectivity index (χ3n) is 24.4. The summed E-state index contributed by atoms with van der Waals surface area (Å²) < 4.78 is 125. The van der Waals surface area contributed by atoms with E-state index in [4.69, 9.17) is 99.5 Å². The van der Waals surface area contributed by atoms with Crippen LogP contribution in [0.2, 0.25) is 0 Å². The van der Waals surface area contributed by atoms with Crippen LogP contribution in [-0.4, -0.2) is 591 Å². The number of amides is 3. The van der Waals surface area contributed by atoms with Crippen molar-refractivity contribution < 1.29 is 277 Å². The van der Waals surface area contributed by atoms with Crippen LogP contribution in [0.5, 0.6) is 0 Å². The molecule has 132 heavy (non-hydrogen) atoms. The molecule has 11 saturated heterocycles. The standard InChI is InChI=1S/C73H123N3O56/c1-4-29(88)76-63-30(74-16(2)86)41(98)55(25(12-84)114-63)125-64-31(75-17(3)87)42(99)56(26(13-85)122-64)126-69-54(111)58(128-72-62(49(106)38(95)23(10-82)120-72)132-73-61(48(105)37(94)24(11-83)121-73)131-68-52(109)45(102)34(91)20(7-79)117-68)40(97)28(124-69)14-112-65-53(110)57(127-71-60(47(104)36(93)22(9-81)119-71)130-67-51(108)44(101)33(90)19(6-78)116-67)39(96)27(123-65)15-113-70-59(46(103)35(92)21(8-80)118-70)129-66-50(107)43(100)32(89)18(5-77)115-66/h18-28,30-73,77-85,89-111H,4-15H2,1-3H3,(H,74,86)(H,75,87)(H,76,88)/t18?,19-,20-,21?,22-,23-,24-,25?,26?,27?,28?,30?,31?,32+,33+,34+,35+,36+,37+,38+,39+,40+,41+,42+,43-,44?,45?,46-,47?,48?,49?,50?,51?,52?,53?,54?,55+,56+,57-,58-,59?,60?,61?,62?,63+,64-,65-,66+,67+,68+,69-,70-,71+,72+,73+/m0/s1. The van der Waals surface area contributed by atoms with Crippen LogP contribution in [0.1, 0.15) is 27.2 Å². The topological polar surface area (TPSA) is 928 Å². The molecule has 0 radical (unpaired) electrons. The summed E-state index contributed by atoms with van der Waals surface area (Å²) in [5.74, 6) is -2.46. The van der Waals surface area contributed by atoms with Crippen LogP contribution in [0.3, 0.4) is 0 Å². The summed E-state index contributed by atoms with van der Waals surface area (Å²) in [5.41, 5.74) is 0. The lowest BCUT2D eigenvalue weighted by atomic mass is 9.93. The van der Waals surface area contributed by atoms with Gasteiger partial charge in [-0.15, -0.1) is 0 Å². The minimum Gasteiger partial charge on any atom is -0.394 e. The van der Waals surface area contributed by atoms with Crippen molar-refractivity contribution in [2.24, 2.45) is 0 Å². The van der Waals surface area contributed by atoms with E-state index in [1.165, 1.54) is 6.92 Å². The molecule has 3 amide bonds. The van der Waals surface area contributed by atoms with Crippen molar-refractivity contribution in [1.82, 2.24) is 16.0 Å². The Kier molecular flexibility index (Phi) is 39.3. The first-order valence-electron chi connectivity index (χ1n) is 42.2. The van der Waals surface area contributed by atoms with E-state index in [-0.39, 0.29) is 6.42 Å². The molecule has 11 aliphatic rings. The van der Waals surface area contributed by atoms with Crippen molar-refractivity contribution in [1.29, 1.82) is 0 Å². The van der Waals surface area contributed by atoms with Gasteiger partial charge in [-0.1, -0.05) is 6.92 Å². The Morgan fingerprint density at radius 3 is 0.811 bits per heavy atom. The molecule has 0 bridgehead atoms. The number of aliphatic hydroxyl groups is 32. The van der Waals surface area contributed by atoms with Crippen LogP contribution < -0.4 is 16.0 Å². The Labute approximate surface area is 746 Å². The summed E-state index contributed by atoms with van der Waals surface area (Å²) in [5, 5.41) is 366. The van der Waals surface area contributed by atoms with Gasteiger partial charge >= 0.3 is 0 Å². The lowest BCUT2D eigenvalue weighted by molar-refractivity contribution is -0.408. The van der Waals surface area contributed by atoms with Crippen molar-refractivity contribution in [3.8, 4) is 0 Å². The number of nitrogens with one attached hydrogen (secondary N) is 3. The van der Waals surface area contributed by atoms with Crippen molar-refractivity contribution in [2.75, 3.05) is 72.7 Å². The summed E-state index contributed by atoms with van der Waals surface area (Å²) in [6.45, 7) is -9.44. The second-order valence-electron chi connectivity index (χ2n) is 33.3. The minimum atomic E-state index is -2.70. The van der Waals surface area contributed by atoms with Crippen molar-refractivity contribution >= 4 is 17.7 Å². The van der Waals surface area contributed by atoms with E-state index in [1.54, 1.807) is 0 Å². The molecule has 0 aromatic carbocycles. The van der Waals surface area contributed by atoms with E-state index >= 15 is 0 Å². The zero-order valence-corrected chi connectivity index (χ0v) is 70.3. The lowest BCUT2D eigenvalue weighted by Gasteiger charge is -2.51. The molecule has 766 valence electrons. The van der Waals surface area contributed by atoms with Crippen molar-refractivity contribution in [2.45, 2.75) is 365 Å². The molecule has 11 aliphatic heterocycles. The molecule has 22 unspecified atom stereocenters. The fraction of sp³-hybridized carbons (Fsp3) is 0.959. The average molecular weight is 1940 g/mol. The molecule has 0 saturated carbocycles. The first-order valence-corrected chi connectivity index (χ1v) is 42.2. The third kappa shape index (κ3) is 23.5. The average Bonchev–Trinajstić information content (AvgIpc) is 0.769. The zero-order chi connectivity index (χ0) is 96.9. The van der Waals surface area contributed by atoms with Gasteiger partial charge in [0.1, 0.15) is 268 Å². The van der Waals surface area contributed by atoms with Crippen molar-refractivity contribution in [3.05, 3.63) is 0 Å². The second-order valence-corrected chi connectivity index (χ2v) is 33.3. The number of hydrogen-bond acceptors (Lipinski definition) is 56. The maximum absolute atomic E-state index is 13.2. The third-order valence-corrected chi connectivity index (χ3v) is 24.4. The number of rotatable bonds is 35. The van der Waals surface area contributed by atoms with E-state index in [0.29, 0.717) is 0 Å². The normalized spacial score (nSPS) is 50.4. The Morgan fingerprint density at radius 1 is 0.220 bits per heavy atom. The quantitative estimate of drug-likeness (QED) is 0.0280. The van der Waals surface area contributed by atoms with E-state index < -0.39 is 428 Å². The molecule has 0 aromatic heterocycles. The maximum Gasteiger partial charge on any atom is 0.221 e. The van der Waals surface area contributed by atoms with Crippen LogP contribution >= 0.6 is 0 Å². The Balaban J connectivity index is 0.965. The molecule has 59 heteroatoms. The van der Waals surface area contributed by atoms with Gasteiger partial charge in [0.2, 0.25) is 17.7 Å². The summed E-state index contributed by atoms with van der Waals surface area (Å²) in [4.78, 5) is 38.5. The molecule has 59 nitrogen and oxygen atoms in total. The fourth-order valence-electron chi connectivity index (χ4n) is 16.9. The van der Waals surface area contributed by atoms with E-state index in [2.05, 4.69) is 16.0 Å². The number of aliphatic hydroxyl groups excluding tert-OH is 32. The Morgan fingerprint density at radius 2 is 0.462 bits per heavy atom. The van der Waals surface area contributed by atoms with Gasteiger partial charge in [0.05, 0.1) is 72.7 Å². The van der Waals surface area contributed by atoms with Gasteiger partial charge in [-0.05, 0) is 0 Å². The summed E-state index contributed by atoms with van der Waals surface area (Å²) in [6.07, 6.45) is -117. The van der Waals surface area contributed by atoms with Gasteiger partial charge < -0.3 is 279 Å². The van der Waals surface area contributed by atoms with E-state index in [9.17, 15) is 178 Å². The fourth-order valence-corrected chi connectivity index (χ4v) is 16.9. The molecule has 11 fully saturated rings. The maximum atomic E-state index is 13.2. The SMILES string of the molecule is CCC(=O)N[C@@H]1OC(CO)[C@@H](O[C@@H]2OC(CO)[C@@H](O[C@@H]3OC(CO[C@H]4OC(CO[C@H]5OC(CO)[C@@H](O)[C@H](O)C5O[C@H]5OC(CO)[C@@H](O)[C@H](O)C5O)[C@@H](O)[C@H](O[C@H]5O[C@@H](CO)[C@@H](O)C(O)C5O[C@H]5O[C@@H](CO)[C@@H](O)C(O)C5O)C4O)[C@@H](O)[C@H](O[C@H]4O[C@@H](CO)[C@@H](O)C(O)C4O[C@H]4O[C@@H](CO)[C@@H](O)C(O)C4O[C@H]4O[C@@H](CO)[C@@H](O)C(O)C4O)C3O)[C@H](O)C2NC(C)=O)[C@H](O)C1NC(C)=O. The molecule has 0 aromatic rings. The van der Waals surface area contributed by atoms with Gasteiger partial charge in [-0.2, -0.15) is 0 Å². The summed E-state index contributed by atoms with van der Waals surface area (Å²) in [7, 11) is 0. The van der Waals surface area contributed by atoms with E-state index in [1.807, 2.05) is 0 Å². The number of ether oxygens (including phenoxy) is 21. The predicted octanol–water partition coefficient (Wildman–Crippen LogP) is -24.2. The van der Waals surface area contributed by atoms with Crippen LogP contribution in [0.15, 0.2) is 0 Å². The molecule has 11 heterocycles. The second kappa shape index (κ2) is 47.7. The first kappa shape index (κ1) is 109. The lowest BCUT2D eigenvalue weighted by Crippen LogP contribution is -2.71. The highest BCUT2D eigenvalue weighted by molar-refractivity contribution is 5.76. The van der Waals surface area contributed by atoms with E-state index in [0.717, 1.165) is 13.8 Å². The molecule has 35 N–H and O–H groups in total. The minimum absolute atomic E-state index is 0.147. The predicted molar refractivity (Wildman–Crippen MR) is 402 cm³/mol. The molecule has 0 spiro atoms. The highest BCUT2D eigenvalue weighted by Crippen LogP contribution is 2.42. The molecular weight excluding hydrogens is 1810 g/mol. The monoisotopic (exact) mass is 1940 g/mol. The highest BCUT2D eigenvalue weighted by Gasteiger charge is 2.63. The Hall–Kier alpha value is -3.71. The van der Waals surface area contributed by atoms with Gasteiger partial charge in [0.15, 0.2) is 69.1 Å². The number of hydrogen-bond donors (Lipinski definition) is 35. The van der Waals surface area contributed by atoms with Gasteiger partial charge in [-0.3, -0.25) is 14.4 Å². The number of carbonyl (C=O) groups excluding carboxylic acids is 3. The molecular formula is C73H123N3O56. The highest BCUT2D eigenvalue weighted by atomic mass is 16.8. The first-order chi connectivity index (χ1) is 62.6. The van der Waals surface area contributed by atoms with Gasteiger partial charge in [-0.25, -0.2) is 0 Å². The number of carbonyl (C=O) groups is 3. The Bertz CT molecular complexity index is 3540. The summed E-state index contributed by atoms with van der Waals surface area (Å²) >= 11 is 0. The zero-order valence-electron chi connectivity index (χ0n) is 70.3. The summed E-state index contributed by atoms with van der Waals surface area (Å²) in [6, 6.07) is -3.61. The molecule has 0 aliphatic carbocycles. The van der Waals surface area contributed by atoms with Crippen LogP contribution in [0.4, 0.5) is 0 Å². The van der Waals surface area contributed by atoms with Crippen LogP contribution in [-0.2, 0) is 114 Å². The van der Waals surface area contributed by atoms with Gasteiger partial charge in [0, 0.05) is 20.3 Å². The largest absolute Gasteiger partial charge is 0.394 e. The molecule has 55 atom stereocenters. The van der Waals surface area contributed by atoms with Crippen LogP contribution in [0.25, 0.3) is 0 Å². The van der Waals surface area contributed by atoms with Crippen LogP contribution in [0, 0.1) is 0 Å². The molecule has 11 rings (SSSR count). The van der Waals surface area contributed by atoms with Crippen molar-refractivity contribution in [3.63, 3.8) is 0 Å². The van der Waals surface area contributed by atoms with Gasteiger partial charge in [0.25, 0.3) is 0 Å².